The number of ether oxygens (including phenoxy) is 1. The Kier molecular flexibility index (Phi) is 3.52. The van der Waals surface area contributed by atoms with Crippen LogP contribution in [0.2, 0.25) is 0 Å². The van der Waals surface area contributed by atoms with Crippen molar-refractivity contribution in [1.82, 2.24) is 0 Å². The average Bonchev–Trinajstić information content (AvgIpc) is 2.53. The molecule has 2 aromatic rings. The van der Waals surface area contributed by atoms with Crippen molar-refractivity contribution in [2.45, 2.75) is 17.9 Å². The molecule has 1 N–H and O–H groups in total. The van der Waals surface area contributed by atoms with Crippen molar-refractivity contribution in [3.8, 4) is 0 Å². The van der Waals surface area contributed by atoms with Gasteiger partial charge in [0.25, 0.3) is 0 Å². The van der Waals surface area contributed by atoms with Crippen molar-refractivity contribution in [3.63, 3.8) is 0 Å². The molecule has 0 heterocycles. The third kappa shape index (κ3) is 2.24. The lowest BCUT2D eigenvalue weighted by atomic mass is 9.56. The third-order valence-corrected chi connectivity index (χ3v) is 4.38. The molecular weight excluding hydrogens is 264 g/mol. The van der Waals surface area contributed by atoms with Gasteiger partial charge in [-0.05, 0) is 17.5 Å². The summed E-state index contributed by atoms with van der Waals surface area (Å²) in [6.07, 6.45) is 0.392. The minimum Gasteiger partial charge on any atom is -0.469 e. The summed E-state index contributed by atoms with van der Waals surface area (Å²) in [5.41, 5.74) is 0.797. The first-order valence-corrected chi connectivity index (χ1v) is 7.07. The molecule has 0 bridgehead atoms. The van der Waals surface area contributed by atoms with Gasteiger partial charge in [0.2, 0.25) is 0 Å². The first-order valence-electron chi connectivity index (χ1n) is 7.07. The van der Waals surface area contributed by atoms with Gasteiger partial charge < -0.3 is 9.84 Å². The predicted molar refractivity (Wildman–Crippen MR) is 79.6 cm³/mol. The number of carbonyl (C=O) groups is 1. The second-order valence-corrected chi connectivity index (χ2v) is 5.51. The summed E-state index contributed by atoms with van der Waals surface area (Å²) < 4.78 is 4.89. The highest BCUT2D eigenvalue weighted by Gasteiger charge is 2.57. The highest BCUT2D eigenvalue weighted by molar-refractivity contribution is 5.76. The van der Waals surface area contributed by atoms with Crippen LogP contribution in [-0.2, 0) is 15.1 Å². The molecule has 3 atom stereocenters. The number of rotatable bonds is 3. The van der Waals surface area contributed by atoms with Gasteiger partial charge in [-0.2, -0.15) is 0 Å². The summed E-state index contributed by atoms with van der Waals surface area (Å²) >= 11 is 0. The Morgan fingerprint density at radius 3 is 2.24 bits per heavy atom. The lowest BCUT2D eigenvalue weighted by Crippen LogP contribution is -2.52. The van der Waals surface area contributed by atoms with Gasteiger partial charge in [-0.25, -0.2) is 0 Å². The summed E-state index contributed by atoms with van der Waals surface area (Å²) in [4.78, 5) is 12.0. The Morgan fingerprint density at radius 1 is 1.10 bits per heavy atom. The molecule has 1 aliphatic rings. The molecule has 1 aliphatic carbocycles. The van der Waals surface area contributed by atoms with Crippen LogP contribution < -0.4 is 0 Å². The number of methoxy groups -OCH3 is 1. The summed E-state index contributed by atoms with van der Waals surface area (Å²) in [7, 11) is 1.39. The fourth-order valence-corrected chi connectivity index (χ4v) is 3.32. The van der Waals surface area contributed by atoms with Crippen LogP contribution in [0.5, 0.6) is 0 Å². The molecule has 0 amide bonds. The van der Waals surface area contributed by atoms with Crippen LogP contribution in [-0.4, -0.2) is 18.2 Å². The molecule has 0 unspecified atom stereocenters. The van der Waals surface area contributed by atoms with Gasteiger partial charge in [0.1, 0.15) is 0 Å². The van der Waals surface area contributed by atoms with Crippen molar-refractivity contribution in [2.24, 2.45) is 5.92 Å². The van der Waals surface area contributed by atoms with Crippen LogP contribution >= 0.6 is 0 Å². The van der Waals surface area contributed by atoms with Gasteiger partial charge in [0.05, 0.1) is 18.6 Å². The Hall–Kier alpha value is -2.13. The van der Waals surface area contributed by atoms with E-state index in [0.717, 1.165) is 11.1 Å². The Balaban J connectivity index is 2.01. The van der Waals surface area contributed by atoms with E-state index >= 15 is 0 Å². The maximum absolute atomic E-state index is 12.0. The van der Waals surface area contributed by atoms with E-state index in [1.54, 1.807) is 0 Å². The number of benzene rings is 2. The molecule has 3 rings (SSSR count). The lowest BCUT2D eigenvalue weighted by molar-refractivity contribution is -0.169. The summed E-state index contributed by atoms with van der Waals surface area (Å²) in [5, 5.41) is 11.1. The zero-order valence-electron chi connectivity index (χ0n) is 11.9. The lowest BCUT2D eigenvalue weighted by Gasteiger charge is -2.51. The zero-order chi connectivity index (χ0) is 14.9. The number of esters is 1. The van der Waals surface area contributed by atoms with E-state index in [1.165, 1.54) is 7.11 Å². The quantitative estimate of drug-likeness (QED) is 0.881. The van der Waals surface area contributed by atoms with E-state index in [-0.39, 0.29) is 17.8 Å². The van der Waals surface area contributed by atoms with Gasteiger partial charge in [-0.15, -0.1) is 0 Å². The first kappa shape index (κ1) is 13.8. The van der Waals surface area contributed by atoms with Crippen molar-refractivity contribution in [2.75, 3.05) is 7.11 Å². The molecule has 0 spiro atoms. The molecule has 0 aliphatic heterocycles. The molecule has 108 valence electrons. The molecule has 0 saturated heterocycles. The van der Waals surface area contributed by atoms with Crippen molar-refractivity contribution >= 4 is 5.97 Å². The van der Waals surface area contributed by atoms with E-state index in [9.17, 15) is 9.90 Å². The van der Waals surface area contributed by atoms with Crippen LogP contribution in [0, 0.1) is 5.92 Å². The second kappa shape index (κ2) is 5.34. The molecule has 3 nitrogen and oxygen atoms in total. The maximum atomic E-state index is 12.0. The SMILES string of the molecule is COC(=O)[C@@H]1C[C@@](O)(c2ccccc2)[C@H]1c1ccccc1. The Morgan fingerprint density at radius 2 is 1.67 bits per heavy atom. The number of carbonyl (C=O) groups excluding carboxylic acids is 1. The van der Waals surface area contributed by atoms with Gasteiger partial charge in [0, 0.05) is 5.92 Å². The summed E-state index contributed by atoms with van der Waals surface area (Å²) in [6.45, 7) is 0. The van der Waals surface area contributed by atoms with Crippen molar-refractivity contribution in [1.29, 1.82) is 0 Å². The van der Waals surface area contributed by atoms with E-state index in [2.05, 4.69) is 0 Å². The molecule has 0 aromatic heterocycles. The largest absolute Gasteiger partial charge is 0.469 e. The molecular formula is C18H18O3. The minimum absolute atomic E-state index is 0.260. The van der Waals surface area contributed by atoms with Crippen molar-refractivity contribution < 1.29 is 14.6 Å². The number of aliphatic hydroxyl groups is 1. The molecule has 3 heteroatoms. The number of hydrogen-bond acceptors (Lipinski definition) is 3. The van der Waals surface area contributed by atoms with Gasteiger partial charge >= 0.3 is 5.97 Å². The van der Waals surface area contributed by atoms with E-state index < -0.39 is 5.60 Å². The minimum atomic E-state index is -1.01. The van der Waals surface area contributed by atoms with Gasteiger partial charge in [-0.1, -0.05) is 60.7 Å². The van der Waals surface area contributed by atoms with Crippen LogP contribution in [0.1, 0.15) is 23.5 Å². The smallest absolute Gasteiger partial charge is 0.309 e. The van der Waals surface area contributed by atoms with Crippen molar-refractivity contribution in [3.05, 3.63) is 71.8 Å². The highest BCUT2D eigenvalue weighted by Crippen LogP contribution is 2.56. The van der Waals surface area contributed by atoms with Crippen LogP contribution in [0.3, 0.4) is 0 Å². The van der Waals surface area contributed by atoms with E-state index in [4.69, 9.17) is 4.74 Å². The monoisotopic (exact) mass is 282 g/mol. The molecule has 1 saturated carbocycles. The first-order chi connectivity index (χ1) is 10.2. The van der Waals surface area contributed by atoms with Gasteiger partial charge in [0.15, 0.2) is 0 Å². The zero-order valence-corrected chi connectivity index (χ0v) is 11.9. The predicted octanol–water partition coefficient (Wildman–Crippen LogP) is 2.85. The number of hydrogen-bond donors (Lipinski definition) is 1. The van der Waals surface area contributed by atoms with E-state index in [1.807, 2.05) is 60.7 Å². The molecule has 0 radical (unpaired) electrons. The van der Waals surface area contributed by atoms with E-state index in [0.29, 0.717) is 6.42 Å². The normalized spacial score (nSPS) is 27.7. The molecule has 21 heavy (non-hydrogen) atoms. The standard InChI is InChI=1S/C18H18O3/c1-21-17(19)15-12-18(20,14-10-6-3-7-11-14)16(15)13-8-4-2-5-9-13/h2-11,15-16,20H,12H2,1H3/t15-,16+,18-/m1/s1. The van der Waals surface area contributed by atoms with Crippen LogP contribution in [0.4, 0.5) is 0 Å². The Bertz CT molecular complexity index is 623. The van der Waals surface area contributed by atoms with Crippen LogP contribution in [0.15, 0.2) is 60.7 Å². The maximum Gasteiger partial charge on any atom is 0.309 e. The second-order valence-electron chi connectivity index (χ2n) is 5.51. The fraction of sp³-hybridized carbons (Fsp3) is 0.278. The highest BCUT2D eigenvalue weighted by atomic mass is 16.5. The third-order valence-electron chi connectivity index (χ3n) is 4.38. The Labute approximate surface area is 124 Å². The average molecular weight is 282 g/mol. The van der Waals surface area contributed by atoms with Crippen LogP contribution in [0.25, 0.3) is 0 Å². The fourth-order valence-electron chi connectivity index (χ4n) is 3.32. The summed E-state index contributed by atoms with van der Waals surface area (Å²) in [6, 6.07) is 19.2. The molecule has 2 aromatic carbocycles. The topological polar surface area (TPSA) is 46.5 Å². The van der Waals surface area contributed by atoms with Gasteiger partial charge in [-0.3, -0.25) is 4.79 Å². The molecule has 1 fully saturated rings. The summed E-state index contributed by atoms with van der Waals surface area (Å²) in [5.74, 6) is -0.833.